The Bertz CT molecular complexity index is 650. The van der Waals surface area contributed by atoms with Gasteiger partial charge in [0.2, 0.25) is 0 Å². The molecule has 0 amide bonds. The molecule has 0 aliphatic heterocycles. The number of ether oxygens (including phenoxy) is 1. The van der Waals surface area contributed by atoms with Crippen LogP contribution in [0.5, 0.6) is 11.5 Å². The molecular formula is C15H14Cl2FNO2. The molecule has 2 aromatic carbocycles. The SMILES string of the molecule is CCOc1cc(F)ccc1NCc1cc(Cl)cc(Cl)c1O. The van der Waals surface area contributed by atoms with E-state index in [4.69, 9.17) is 27.9 Å². The average molecular weight is 330 g/mol. The van der Waals surface area contributed by atoms with Crippen LogP contribution >= 0.6 is 23.2 Å². The van der Waals surface area contributed by atoms with Gasteiger partial charge in [0.05, 0.1) is 17.3 Å². The van der Waals surface area contributed by atoms with Gasteiger partial charge in [-0.05, 0) is 31.2 Å². The van der Waals surface area contributed by atoms with Gasteiger partial charge in [-0.2, -0.15) is 0 Å². The molecule has 0 heterocycles. The number of phenolic OH excluding ortho intramolecular Hbond substituents is 1. The van der Waals surface area contributed by atoms with Crippen LogP contribution in [0.3, 0.4) is 0 Å². The molecule has 3 nitrogen and oxygen atoms in total. The lowest BCUT2D eigenvalue weighted by atomic mass is 10.2. The van der Waals surface area contributed by atoms with E-state index in [1.54, 1.807) is 12.1 Å². The minimum absolute atomic E-state index is 0.0337. The zero-order valence-electron chi connectivity index (χ0n) is 11.3. The Labute approximate surface area is 132 Å². The van der Waals surface area contributed by atoms with E-state index < -0.39 is 0 Å². The van der Waals surface area contributed by atoms with Crippen molar-refractivity contribution in [2.75, 3.05) is 11.9 Å². The van der Waals surface area contributed by atoms with Crippen LogP contribution in [0, 0.1) is 5.82 Å². The van der Waals surface area contributed by atoms with Gasteiger partial charge in [0, 0.05) is 23.2 Å². The molecule has 0 aromatic heterocycles. The molecule has 0 unspecified atom stereocenters. The van der Waals surface area contributed by atoms with E-state index in [0.29, 0.717) is 28.6 Å². The fourth-order valence-corrected chi connectivity index (χ4v) is 2.40. The lowest BCUT2D eigenvalue weighted by Gasteiger charge is -2.13. The Balaban J connectivity index is 2.20. The molecule has 0 atom stereocenters. The first kappa shape index (κ1) is 15.7. The average Bonchev–Trinajstić information content (AvgIpc) is 2.43. The standard InChI is InChI=1S/C15H14Cl2FNO2/c1-2-21-14-7-11(18)3-4-13(14)19-8-9-5-10(16)6-12(17)15(9)20/h3-7,19-20H,2,8H2,1H3. The number of anilines is 1. The number of nitrogens with one attached hydrogen (secondary N) is 1. The second kappa shape index (κ2) is 6.87. The first-order valence-electron chi connectivity index (χ1n) is 6.34. The number of hydrogen-bond acceptors (Lipinski definition) is 3. The summed E-state index contributed by atoms with van der Waals surface area (Å²) in [6.07, 6.45) is 0. The van der Waals surface area contributed by atoms with Gasteiger partial charge in [0.15, 0.2) is 0 Å². The number of phenols is 1. The predicted molar refractivity (Wildman–Crippen MR) is 83.0 cm³/mol. The summed E-state index contributed by atoms with van der Waals surface area (Å²) < 4.78 is 18.6. The second-order valence-corrected chi connectivity index (χ2v) is 5.17. The molecule has 2 rings (SSSR count). The number of hydrogen-bond donors (Lipinski definition) is 2. The zero-order chi connectivity index (χ0) is 15.4. The van der Waals surface area contributed by atoms with Gasteiger partial charge in [-0.1, -0.05) is 23.2 Å². The number of rotatable bonds is 5. The lowest BCUT2D eigenvalue weighted by Crippen LogP contribution is -2.03. The van der Waals surface area contributed by atoms with E-state index in [9.17, 15) is 9.50 Å². The van der Waals surface area contributed by atoms with Crippen molar-refractivity contribution in [1.29, 1.82) is 0 Å². The first-order valence-corrected chi connectivity index (χ1v) is 7.10. The molecule has 112 valence electrons. The number of aromatic hydroxyl groups is 1. The van der Waals surface area contributed by atoms with Crippen molar-refractivity contribution in [3.63, 3.8) is 0 Å². The molecule has 0 spiro atoms. The fraction of sp³-hybridized carbons (Fsp3) is 0.200. The van der Waals surface area contributed by atoms with Crippen LogP contribution < -0.4 is 10.1 Å². The molecule has 0 fully saturated rings. The van der Waals surface area contributed by atoms with Crippen LogP contribution in [0.15, 0.2) is 30.3 Å². The summed E-state index contributed by atoms with van der Waals surface area (Å²) >= 11 is 11.8. The highest BCUT2D eigenvalue weighted by atomic mass is 35.5. The zero-order valence-corrected chi connectivity index (χ0v) is 12.8. The second-order valence-electron chi connectivity index (χ2n) is 4.32. The Morgan fingerprint density at radius 1 is 1.24 bits per heavy atom. The highest BCUT2D eigenvalue weighted by Crippen LogP contribution is 2.32. The van der Waals surface area contributed by atoms with Gasteiger partial charge < -0.3 is 15.2 Å². The smallest absolute Gasteiger partial charge is 0.145 e. The van der Waals surface area contributed by atoms with Gasteiger partial charge in [-0.15, -0.1) is 0 Å². The van der Waals surface area contributed by atoms with Crippen molar-refractivity contribution < 1.29 is 14.2 Å². The van der Waals surface area contributed by atoms with Gasteiger partial charge in [0.1, 0.15) is 17.3 Å². The molecule has 0 radical (unpaired) electrons. The van der Waals surface area contributed by atoms with Crippen molar-refractivity contribution in [2.24, 2.45) is 0 Å². The van der Waals surface area contributed by atoms with E-state index in [2.05, 4.69) is 5.32 Å². The van der Waals surface area contributed by atoms with Crippen LogP contribution in [-0.2, 0) is 6.54 Å². The van der Waals surface area contributed by atoms with Gasteiger partial charge in [0.25, 0.3) is 0 Å². The van der Waals surface area contributed by atoms with Crippen molar-refractivity contribution in [3.8, 4) is 11.5 Å². The molecule has 0 aliphatic rings. The molecule has 0 saturated carbocycles. The van der Waals surface area contributed by atoms with Gasteiger partial charge in [-0.3, -0.25) is 0 Å². The highest BCUT2D eigenvalue weighted by Gasteiger charge is 2.10. The summed E-state index contributed by atoms with van der Waals surface area (Å²) in [7, 11) is 0. The first-order chi connectivity index (χ1) is 10.0. The molecule has 21 heavy (non-hydrogen) atoms. The van der Waals surface area contributed by atoms with Gasteiger partial charge in [-0.25, -0.2) is 4.39 Å². The summed E-state index contributed by atoms with van der Waals surface area (Å²) in [5.74, 6) is -0.00333. The van der Waals surface area contributed by atoms with Crippen LogP contribution in [0.25, 0.3) is 0 Å². The number of benzene rings is 2. The minimum atomic E-state index is -0.377. The molecule has 0 bridgehead atoms. The molecule has 2 aromatic rings. The van der Waals surface area contributed by atoms with Crippen LogP contribution in [0.2, 0.25) is 10.0 Å². The maximum Gasteiger partial charge on any atom is 0.145 e. The molecule has 6 heteroatoms. The van der Waals surface area contributed by atoms with Crippen LogP contribution in [-0.4, -0.2) is 11.7 Å². The Hall–Kier alpha value is -1.65. The summed E-state index contributed by atoms with van der Waals surface area (Å²) in [5.41, 5.74) is 1.16. The topological polar surface area (TPSA) is 41.5 Å². The van der Waals surface area contributed by atoms with Crippen LogP contribution in [0.4, 0.5) is 10.1 Å². The monoisotopic (exact) mass is 329 g/mol. The Kier molecular flexibility index (Phi) is 5.15. The van der Waals surface area contributed by atoms with Crippen LogP contribution in [0.1, 0.15) is 12.5 Å². The van der Waals surface area contributed by atoms with Crippen molar-refractivity contribution in [1.82, 2.24) is 0 Å². The maximum atomic E-state index is 13.2. The quantitative estimate of drug-likeness (QED) is 0.823. The summed E-state index contributed by atoms with van der Waals surface area (Å²) in [4.78, 5) is 0. The third kappa shape index (κ3) is 3.93. The fourth-order valence-electron chi connectivity index (χ4n) is 1.86. The summed E-state index contributed by atoms with van der Waals surface area (Å²) in [5, 5.41) is 13.6. The van der Waals surface area contributed by atoms with Crippen molar-refractivity contribution in [2.45, 2.75) is 13.5 Å². The third-order valence-electron chi connectivity index (χ3n) is 2.82. The van der Waals surface area contributed by atoms with Crippen molar-refractivity contribution in [3.05, 3.63) is 51.8 Å². The summed E-state index contributed by atoms with van der Waals surface area (Å²) in [6.45, 7) is 2.52. The minimum Gasteiger partial charge on any atom is -0.506 e. The Morgan fingerprint density at radius 2 is 2.00 bits per heavy atom. The molecule has 0 aliphatic carbocycles. The molecular weight excluding hydrogens is 316 g/mol. The lowest BCUT2D eigenvalue weighted by molar-refractivity contribution is 0.339. The van der Waals surface area contributed by atoms with E-state index >= 15 is 0 Å². The number of halogens is 3. The normalized spacial score (nSPS) is 10.5. The van der Waals surface area contributed by atoms with Crippen molar-refractivity contribution >= 4 is 28.9 Å². The van der Waals surface area contributed by atoms with E-state index in [1.165, 1.54) is 18.2 Å². The maximum absolute atomic E-state index is 13.2. The van der Waals surface area contributed by atoms with E-state index in [1.807, 2.05) is 6.92 Å². The highest BCUT2D eigenvalue weighted by molar-refractivity contribution is 6.35. The third-order valence-corrected chi connectivity index (χ3v) is 3.33. The van der Waals surface area contributed by atoms with E-state index in [-0.39, 0.29) is 23.1 Å². The van der Waals surface area contributed by atoms with E-state index in [0.717, 1.165) is 0 Å². The van der Waals surface area contributed by atoms with Gasteiger partial charge >= 0.3 is 0 Å². The predicted octanol–water partition coefficient (Wildman–Crippen LogP) is 4.85. The molecule has 2 N–H and O–H groups in total. The summed E-state index contributed by atoms with van der Waals surface area (Å²) in [6, 6.07) is 7.28. The largest absolute Gasteiger partial charge is 0.506 e. The Morgan fingerprint density at radius 3 is 2.71 bits per heavy atom. The molecule has 0 saturated heterocycles.